The molecule has 1 aliphatic rings. The molecular formula is C19H25N3O4S2. The summed E-state index contributed by atoms with van der Waals surface area (Å²) >= 11 is 1.26. The van der Waals surface area contributed by atoms with Crippen LogP contribution in [0.25, 0.3) is 0 Å². The fourth-order valence-corrected chi connectivity index (χ4v) is 5.24. The maximum Gasteiger partial charge on any atom is 0.244 e. The average Bonchev–Trinajstić information content (AvgIpc) is 3.25. The summed E-state index contributed by atoms with van der Waals surface area (Å²) in [7, 11) is -1.90. The van der Waals surface area contributed by atoms with Gasteiger partial charge in [0.05, 0.1) is 23.6 Å². The van der Waals surface area contributed by atoms with Crippen LogP contribution in [0.3, 0.4) is 0 Å². The van der Waals surface area contributed by atoms with Crippen molar-refractivity contribution in [3.05, 3.63) is 42.5 Å². The minimum atomic E-state index is -3.55. The number of hydrogen-bond acceptors (Lipinski definition) is 6. The zero-order chi connectivity index (χ0) is 20.0. The van der Waals surface area contributed by atoms with Gasteiger partial charge in [-0.05, 0) is 37.1 Å². The van der Waals surface area contributed by atoms with Gasteiger partial charge in [-0.25, -0.2) is 13.4 Å². The largest absolute Gasteiger partial charge is 0.467 e. The molecule has 3 rings (SSSR count). The SMILES string of the molecule is CN(C1CCCCC1)S(=O)(=O)c1ccc(SCC(=O)NCc2ccco2)nc1. The van der Waals surface area contributed by atoms with Gasteiger partial charge in [0.25, 0.3) is 0 Å². The number of aromatic nitrogens is 1. The van der Waals surface area contributed by atoms with Gasteiger partial charge in [-0.15, -0.1) is 0 Å². The molecule has 1 N–H and O–H groups in total. The molecule has 0 radical (unpaired) electrons. The number of amides is 1. The number of nitrogens with one attached hydrogen (secondary N) is 1. The Bertz CT molecular complexity index is 861. The minimum absolute atomic E-state index is 0.0608. The Labute approximate surface area is 170 Å². The van der Waals surface area contributed by atoms with Crippen molar-refractivity contribution < 1.29 is 17.6 Å². The van der Waals surface area contributed by atoms with Crippen molar-refractivity contribution in [3.8, 4) is 0 Å². The van der Waals surface area contributed by atoms with E-state index in [2.05, 4.69) is 10.3 Å². The zero-order valence-electron chi connectivity index (χ0n) is 15.8. The van der Waals surface area contributed by atoms with Crippen LogP contribution in [0.5, 0.6) is 0 Å². The normalized spacial score (nSPS) is 15.6. The molecule has 0 bridgehead atoms. The Morgan fingerprint density at radius 2 is 2.07 bits per heavy atom. The van der Waals surface area contributed by atoms with Crippen molar-refractivity contribution in [2.45, 2.75) is 54.6 Å². The van der Waals surface area contributed by atoms with Gasteiger partial charge < -0.3 is 9.73 Å². The molecule has 0 aliphatic heterocycles. The summed E-state index contributed by atoms with van der Waals surface area (Å²) in [6.45, 7) is 0.338. The van der Waals surface area contributed by atoms with Crippen LogP contribution in [0.15, 0.2) is 51.1 Å². The van der Waals surface area contributed by atoms with Crippen molar-refractivity contribution in [2.24, 2.45) is 0 Å². The molecule has 2 aromatic rings. The van der Waals surface area contributed by atoms with E-state index < -0.39 is 10.0 Å². The number of hydrogen-bond donors (Lipinski definition) is 1. The van der Waals surface area contributed by atoms with Crippen LogP contribution in [0.4, 0.5) is 0 Å². The average molecular weight is 424 g/mol. The molecule has 1 amide bonds. The lowest BCUT2D eigenvalue weighted by molar-refractivity contribution is -0.118. The number of sulfonamides is 1. The maximum absolute atomic E-state index is 12.8. The van der Waals surface area contributed by atoms with Crippen molar-refractivity contribution in [2.75, 3.05) is 12.8 Å². The highest BCUT2D eigenvalue weighted by atomic mass is 32.2. The summed E-state index contributed by atoms with van der Waals surface area (Å²) in [6, 6.07) is 6.82. The van der Waals surface area contributed by atoms with Gasteiger partial charge in [-0.3, -0.25) is 4.79 Å². The topological polar surface area (TPSA) is 92.5 Å². The van der Waals surface area contributed by atoms with Crippen molar-refractivity contribution in [1.82, 2.24) is 14.6 Å². The summed E-state index contributed by atoms with van der Waals surface area (Å²) in [4.78, 5) is 16.3. The van der Waals surface area contributed by atoms with Gasteiger partial charge in [-0.1, -0.05) is 31.0 Å². The molecule has 2 heterocycles. The summed E-state index contributed by atoms with van der Waals surface area (Å²) in [5.41, 5.74) is 0. The third-order valence-corrected chi connectivity index (χ3v) is 7.70. The first kappa shape index (κ1) is 20.9. The number of thioether (sulfide) groups is 1. The molecule has 152 valence electrons. The first-order chi connectivity index (χ1) is 13.5. The smallest absolute Gasteiger partial charge is 0.244 e. The van der Waals surface area contributed by atoms with E-state index in [-0.39, 0.29) is 22.6 Å². The van der Waals surface area contributed by atoms with Gasteiger partial charge >= 0.3 is 0 Å². The van der Waals surface area contributed by atoms with Crippen molar-refractivity contribution in [3.63, 3.8) is 0 Å². The first-order valence-electron chi connectivity index (χ1n) is 9.33. The molecular weight excluding hydrogens is 398 g/mol. The summed E-state index contributed by atoms with van der Waals surface area (Å²) in [5.74, 6) is 0.743. The lowest BCUT2D eigenvalue weighted by Crippen LogP contribution is -2.38. The van der Waals surface area contributed by atoms with Crippen LogP contribution in [0.1, 0.15) is 37.9 Å². The molecule has 7 nitrogen and oxygen atoms in total. The lowest BCUT2D eigenvalue weighted by atomic mass is 9.96. The molecule has 0 unspecified atom stereocenters. The fourth-order valence-electron chi connectivity index (χ4n) is 3.20. The predicted molar refractivity (Wildman–Crippen MR) is 107 cm³/mol. The van der Waals surface area contributed by atoms with Crippen LogP contribution in [-0.4, -0.2) is 42.5 Å². The van der Waals surface area contributed by atoms with Crippen LogP contribution in [0, 0.1) is 0 Å². The minimum Gasteiger partial charge on any atom is -0.467 e. The fraction of sp³-hybridized carbons (Fsp3) is 0.474. The molecule has 1 fully saturated rings. The number of pyridine rings is 1. The third kappa shape index (κ3) is 5.36. The molecule has 2 aromatic heterocycles. The maximum atomic E-state index is 12.8. The molecule has 28 heavy (non-hydrogen) atoms. The van der Waals surface area contributed by atoms with Crippen molar-refractivity contribution in [1.29, 1.82) is 0 Å². The highest BCUT2D eigenvalue weighted by Gasteiger charge is 2.29. The van der Waals surface area contributed by atoms with Gasteiger partial charge in [0.2, 0.25) is 15.9 Å². The van der Waals surface area contributed by atoms with Crippen LogP contribution in [0.2, 0.25) is 0 Å². The Hall–Kier alpha value is -1.84. The number of rotatable bonds is 8. The van der Waals surface area contributed by atoms with E-state index in [1.165, 1.54) is 28.7 Å². The van der Waals surface area contributed by atoms with E-state index in [0.717, 1.165) is 25.7 Å². The predicted octanol–water partition coefficient (Wildman–Crippen LogP) is 3.04. The highest BCUT2D eigenvalue weighted by molar-refractivity contribution is 7.99. The van der Waals surface area contributed by atoms with E-state index in [1.54, 1.807) is 37.6 Å². The first-order valence-corrected chi connectivity index (χ1v) is 11.8. The second-order valence-electron chi connectivity index (χ2n) is 6.79. The van der Waals surface area contributed by atoms with Gasteiger partial charge in [-0.2, -0.15) is 4.31 Å². The Morgan fingerprint density at radius 3 is 2.71 bits per heavy atom. The van der Waals surface area contributed by atoms with E-state index in [0.29, 0.717) is 17.3 Å². The Morgan fingerprint density at radius 1 is 1.29 bits per heavy atom. The molecule has 0 atom stereocenters. The Balaban J connectivity index is 1.52. The Kier molecular flexibility index (Phi) is 7.14. The number of furan rings is 1. The van der Waals surface area contributed by atoms with Gasteiger partial charge in [0.1, 0.15) is 10.7 Å². The molecule has 0 saturated heterocycles. The van der Waals surface area contributed by atoms with E-state index in [1.807, 2.05) is 0 Å². The van der Waals surface area contributed by atoms with Crippen LogP contribution in [-0.2, 0) is 21.4 Å². The molecule has 1 aliphatic carbocycles. The summed E-state index contributed by atoms with van der Waals surface area (Å²) in [6.07, 6.45) is 8.06. The summed E-state index contributed by atoms with van der Waals surface area (Å²) in [5, 5.41) is 3.36. The van der Waals surface area contributed by atoms with Crippen LogP contribution >= 0.6 is 11.8 Å². The van der Waals surface area contributed by atoms with Crippen molar-refractivity contribution >= 4 is 27.7 Å². The van der Waals surface area contributed by atoms with Crippen LogP contribution < -0.4 is 5.32 Å². The second-order valence-corrected chi connectivity index (χ2v) is 9.78. The standard InChI is InChI=1S/C19H25N3O4S2/c1-22(15-6-3-2-4-7-15)28(24,25)17-9-10-19(21-13-17)27-14-18(23)20-12-16-8-5-11-26-16/h5,8-11,13,15H,2-4,6-7,12,14H2,1H3,(H,20,23). The van der Waals surface area contributed by atoms with Gasteiger partial charge in [0, 0.05) is 19.3 Å². The second kappa shape index (κ2) is 9.58. The number of carbonyl (C=O) groups is 1. The van der Waals surface area contributed by atoms with E-state index in [4.69, 9.17) is 4.42 Å². The molecule has 0 spiro atoms. The lowest BCUT2D eigenvalue weighted by Gasteiger charge is -2.30. The quantitative estimate of drug-likeness (QED) is 0.656. The molecule has 9 heteroatoms. The van der Waals surface area contributed by atoms with E-state index >= 15 is 0 Å². The monoisotopic (exact) mass is 423 g/mol. The number of carbonyl (C=O) groups excluding carboxylic acids is 1. The molecule has 1 saturated carbocycles. The van der Waals surface area contributed by atoms with Gasteiger partial charge in [0.15, 0.2) is 0 Å². The molecule has 0 aromatic carbocycles. The van der Waals surface area contributed by atoms with E-state index in [9.17, 15) is 13.2 Å². The third-order valence-electron chi connectivity index (χ3n) is 4.87. The summed E-state index contributed by atoms with van der Waals surface area (Å²) < 4.78 is 32.3. The highest BCUT2D eigenvalue weighted by Crippen LogP contribution is 2.26. The zero-order valence-corrected chi connectivity index (χ0v) is 17.5. The number of nitrogens with zero attached hydrogens (tertiary/aromatic N) is 2.